The molecule has 0 atom stereocenters. The van der Waals surface area contributed by atoms with E-state index in [1.807, 2.05) is 13.8 Å². The number of esters is 2. The summed E-state index contributed by atoms with van der Waals surface area (Å²) in [4.78, 5) is 23.2. The summed E-state index contributed by atoms with van der Waals surface area (Å²) >= 11 is 0. The van der Waals surface area contributed by atoms with E-state index >= 15 is 0 Å². The molecule has 8 heteroatoms. The minimum Gasteiger partial charge on any atom is -0.490 e. The van der Waals surface area contributed by atoms with E-state index in [-0.39, 0.29) is 17.6 Å². The number of carbonyl (C=O) groups excluding carboxylic acids is 2. The van der Waals surface area contributed by atoms with Gasteiger partial charge in [0.25, 0.3) is 11.8 Å². The number of unbranched alkanes of at least 4 members (excludes halogenated alkanes) is 2. The molecule has 0 aliphatic rings. The fraction of sp³-hybridized carbons (Fsp3) is 0.571. The highest BCUT2D eigenvalue weighted by Gasteiger charge is 2.29. The number of nitrogens with zero attached hydrogens (tertiary/aromatic N) is 1. The molecule has 1 heterocycles. The van der Waals surface area contributed by atoms with Crippen LogP contribution in [0.25, 0.3) is 0 Å². The fourth-order valence-electron chi connectivity index (χ4n) is 1.65. The summed E-state index contributed by atoms with van der Waals surface area (Å²) in [7, 11) is 0. The average molecular weight is 315 g/mol. The van der Waals surface area contributed by atoms with Crippen LogP contribution in [0.1, 0.15) is 52.4 Å². The maximum absolute atomic E-state index is 11.6. The van der Waals surface area contributed by atoms with Crippen molar-refractivity contribution < 1.29 is 34.5 Å². The lowest BCUT2D eigenvalue weighted by Crippen LogP contribution is -2.11. The van der Waals surface area contributed by atoms with Gasteiger partial charge in [0.05, 0.1) is 0 Å². The lowest BCUT2D eigenvalue weighted by atomic mass is 10.2. The predicted octanol–water partition coefficient (Wildman–Crippen LogP) is 2.33. The third-order valence-corrected chi connectivity index (χ3v) is 2.91. The Balaban J connectivity index is 2.93. The monoisotopic (exact) mass is 315 g/mol. The van der Waals surface area contributed by atoms with Gasteiger partial charge in [-0.05, 0) is 12.8 Å². The summed E-state index contributed by atoms with van der Waals surface area (Å²) in [6.45, 7) is 3.78. The van der Waals surface area contributed by atoms with Crippen LogP contribution in [0, 0.1) is 0 Å². The largest absolute Gasteiger partial charge is 0.490 e. The van der Waals surface area contributed by atoms with Crippen LogP contribution in [0.3, 0.4) is 0 Å². The highest BCUT2D eigenvalue weighted by Crippen LogP contribution is 2.46. The maximum Gasteiger partial charge on any atom is 0.311 e. The van der Waals surface area contributed by atoms with Crippen LogP contribution in [-0.2, 0) is 9.59 Å². The fourth-order valence-corrected chi connectivity index (χ4v) is 1.65. The highest BCUT2D eigenvalue weighted by molar-refractivity contribution is 5.78. The number of hydrogen-bond acceptors (Lipinski definition) is 7. The van der Waals surface area contributed by atoms with Gasteiger partial charge in [0.15, 0.2) is 0 Å². The van der Waals surface area contributed by atoms with Crippen molar-refractivity contribution in [2.75, 3.05) is 0 Å². The van der Waals surface area contributed by atoms with Crippen molar-refractivity contribution in [3.63, 3.8) is 0 Å². The topological polar surface area (TPSA) is 118 Å². The molecule has 0 unspecified atom stereocenters. The van der Waals surface area contributed by atoms with E-state index in [9.17, 15) is 25.0 Å². The molecule has 8 nitrogen and oxygen atoms in total. The third kappa shape index (κ3) is 4.31. The maximum atomic E-state index is 11.6. The Morgan fingerprint density at radius 2 is 1.27 bits per heavy atom. The Bertz CT molecular complexity index is 490. The normalized spacial score (nSPS) is 10.5. The second-order valence-electron chi connectivity index (χ2n) is 4.77. The molecule has 1 aromatic rings. The van der Waals surface area contributed by atoms with Gasteiger partial charge in [-0.2, -0.15) is 0 Å². The number of carbonyl (C=O) groups is 2. The summed E-state index contributed by atoms with van der Waals surface area (Å²) in [5.41, 5.74) is 0. The first-order valence-electron chi connectivity index (χ1n) is 7.19. The van der Waals surface area contributed by atoms with Crippen LogP contribution in [0.15, 0.2) is 0 Å². The standard InChI is InChI=1S/C14H21NO7/c1-3-5-7-9(16)21-11-12(14(19)15(20)13(11)18)22-10(17)8-6-4-2/h18-20H,3-8H2,1-2H3. The van der Waals surface area contributed by atoms with Crippen LogP contribution in [0.4, 0.5) is 0 Å². The molecule has 3 N–H and O–H groups in total. The van der Waals surface area contributed by atoms with Gasteiger partial charge in [0, 0.05) is 12.8 Å². The van der Waals surface area contributed by atoms with Gasteiger partial charge in [-0.3, -0.25) is 9.59 Å². The van der Waals surface area contributed by atoms with Gasteiger partial charge >= 0.3 is 11.9 Å². The van der Waals surface area contributed by atoms with Gasteiger partial charge in [-0.15, -0.1) is 4.73 Å². The van der Waals surface area contributed by atoms with Crippen LogP contribution in [0.2, 0.25) is 0 Å². The Labute approximate surface area is 127 Å². The van der Waals surface area contributed by atoms with Gasteiger partial charge in [0.2, 0.25) is 11.5 Å². The second-order valence-corrected chi connectivity index (χ2v) is 4.77. The quantitative estimate of drug-likeness (QED) is 0.497. The molecule has 1 rings (SSSR count). The van der Waals surface area contributed by atoms with Crippen molar-refractivity contribution in [2.45, 2.75) is 52.4 Å². The number of hydrogen-bond donors (Lipinski definition) is 3. The number of aromatic hydroxyl groups is 2. The number of aromatic nitrogens is 1. The summed E-state index contributed by atoms with van der Waals surface area (Å²) in [6.07, 6.45) is 2.89. The molecule has 124 valence electrons. The Morgan fingerprint density at radius 1 is 0.909 bits per heavy atom. The zero-order valence-corrected chi connectivity index (χ0v) is 12.7. The van der Waals surface area contributed by atoms with E-state index < -0.39 is 35.2 Å². The lowest BCUT2D eigenvalue weighted by molar-refractivity contribution is -0.137. The molecule has 0 aromatic carbocycles. The molecule has 0 radical (unpaired) electrons. The smallest absolute Gasteiger partial charge is 0.311 e. The summed E-state index contributed by atoms with van der Waals surface area (Å²) in [5, 5.41) is 28.7. The van der Waals surface area contributed by atoms with Crippen molar-refractivity contribution in [1.29, 1.82) is 0 Å². The SMILES string of the molecule is CCCCC(=O)Oc1c(OC(=O)CCCC)c(O)n(O)c1O. The van der Waals surface area contributed by atoms with Gasteiger partial charge in [-0.1, -0.05) is 26.7 Å². The second kappa shape index (κ2) is 8.16. The Hall–Kier alpha value is -2.38. The average Bonchev–Trinajstić information content (AvgIpc) is 2.69. The summed E-state index contributed by atoms with van der Waals surface area (Å²) in [6, 6.07) is 0. The van der Waals surface area contributed by atoms with E-state index in [0.717, 1.165) is 12.8 Å². The van der Waals surface area contributed by atoms with Crippen molar-refractivity contribution in [3.8, 4) is 23.3 Å². The minimum atomic E-state index is -0.916. The van der Waals surface area contributed by atoms with E-state index in [1.54, 1.807) is 0 Å². The number of ether oxygens (including phenoxy) is 2. The van der Waals surface area contributed by atoms with Crippen molar-refractivity contribution in [3.05, 3.63) is 0 Å². The van der Waals surface area contributed by atoms with Crippen LogP contribution < -0.4 is 9.47 Å². The Kier molecular flexibility index (Phi) is 6.55. The molecular formula is C14H21NO7. The number of rotatable bonds is 8. The summed E-state index contributed by atoms with van der Waals surface area (Å²) in [5.74, 6) is -4.33. The molecule has 0 spiro atoms. The zero-order valence-electron chi connectivity index (χ0n) is 12.7. The molecule has 0 aliphatic carbocycles. The molecule has 22 heavy (non-hydrogen) atoms. The highest BCUT2D eigenvalue weighted by atomic mass is 16.6. The third-order valence-electron chi connectivity index (χ3n) is 2.91. The van der Waals surface area contributed by atoms with Crippen LogP contribution in [0.5, 0.6) is 23.3 Å². The van der Waals surface area contributed by atoms with Crippen LogP contribution in [-0.4, -0.2) is 32.1 Å². The van der Waals surface area contributed by atoms with Crippen molar-refractivity contribution >= 4 is 11.9 Å². The van der Waals surface area contributed by atoms with E-state index in [1.165, 1.54) is 0 Å². The molecule has 0 bridgehead atoms. The first-order valence-corrected chi connectivity index (χ1v) is 7.19. The molecular weight excluding hydrogens is 294 g/mol. The van der Waals surface area contributed by atoms with E-state index in [4.69, 9.17) is 9.47 Å². The van der Waals surface area contributed by atoms with E-state index in [0.29, 0.717) is 12.8 Å². The van der Waals surface area contributed by atoms with Crippen molar-refractivity contribution in [2.24, 2.45) is 0 Å². The first kappa shape index (κ1) is 17.7. The zero-order chi connectivity index (χ0) is 16.7. The molecule has 0 aliphatic heterocycles. The molecule has 0 saturated carbocycles. The molecule has 0 amide bonds. The van der Waals surface area contributed by atoms with E-state index in [2.05, 4.69) is 0 Å². The van der Waals surface area contributed by atoms with Gasteiger partial charge in [-0.25, -0.2) is 0 Å². The van der Waals surface area contributed by atoms with Gasteiger partial charge < -0.3 is 24.9 Å². The van der Waals surface area contributed by atoms with Gasteiger partial charge in [0.1, 0.15) is 0 Å². The molecule has 0 fully saturated rings. The Morgan fingerprint density at radius 3 is 1.59 bits per heavy atom. The van der Waals surface area contributed by atoms with Crippen LogP contribution >= 0.6 is 0 Å². The minimum absolute atomic E-state index is 0.0229. The summed E-state index contributed by atoms with van der Waals surface area (Å²) < 4.78 is 9.73. The lowest BCUT2D eigenvalue weighted by Gasteiger charge is -2.06. The first-order chi connectivity index (χ1) is 10.4. The molecule has 1 aromatic heterocycles. The predicted molar refractivity (Wildman–Crippen MR) is 75.3 cm³/mol. The molecule has 0 saturated heterocycles. The van der Waals surface area contributed by atoms with Crippen molar-refractivity contribution in [1.82, 2.24) is 4.73 Å².